The van der Waals surface area contributed by atoms with Crippen LogP contribution in [0.2, 0.25) is 0 Å². The summed E-state index contributed by atoms with van der Waals surface area (Å²) >= 11 is 0. The number of rotatable bonds is 2. The highest BCUT2D eigenvalue weighted by Crippen LogP contribution is 2.21. The van der Waals surface area contributed by atoms with Gasteiger partial charge >= 0.3 is 0 Å². The van der Waals surface area contributed by atoms with E-state index in [9.17, 15) is 4.79 Å². The summed E-state index contributed by atoms with van der Waals surface area (Å²) < 4.78 is 5.33. The van der Waals surface area contributed by atoms with E-state index in [1.54, 1.807) is 7.11 Å². The molecule has 1 fully saturated rings. The Balaban J connectivity index is 1.88. The maximum Gasteiger partial charge on any atom is 0.248 e. The first-order valence-corrected chi connectivity index (χ1v) is 4.93. The molecular weight excluding hydrogens is 182 g/mol. The summed E-state index contributed by atoms with van der Waals surface area (Å²) in [5, 5.41) is 5.87. The van der Waals surface area contributed by atoms with E-state index in [1.807, 2.05) is 0 Å². The Kier molecular flexibility index (Phi) is 2.67. The smallest absolute Gasteiger partial charge is 0.248 e. The molecule has 0 bridgehead atoms. The van der Waals surface area contributed by atoms with Crippen LogP contribution in [0.15, 0.2) is 4.99 Å². The fraction of sp³-hybridized carbons (Fsp3) is 0.778. The van der Waals surface area contributed by atoms with Gasteiger partial charge in [0.05, 0.1) is 12.1 Å². The summed E-state index contributed by atoms with van der Waals surface area (Å²) in [7, 11) is 1.72. The van der Waals surface area contributed by atoms with E-state index in [0.717, 1.165) is 19.3 Å². The van der Waals surface area contributed by atoms with Crippen LogP contribution < -0.4 is 10.6 Å². The van der Waals surface area contributed by atoms with Crippen molar-refractivity contribution in [3.05, 3.63) is 0 Å². The van der Waals surface area contributed by atoms with Gasteiger partial charge in [-0.3, -0.25) is 10.1 Å². The molecule has 0 radical (unpaired) electrons. The number of guanidine groups is 1. The normalized spacial score (nSPS) is 31.5. The predicted octanol–water partition coefficient (Wildman–Crippen LogP) is -0.371. The third-order valence-electron chi connectivity index (χ3n) is 2.72. The number of hydrogen-bond acceptors (Lipinski definition) is 4. The lowest BCUT2D eigenvalue weighted by Gasteiger charge is -2.20. The van der Waals surface area contributed by atoms with Gasteiger partial charge in [-0.15, -0.1) is 0 Å². The Morgan fingerprint density at radius 2 is 2.43 bits per heavy atom. The summed E-state index contributed by atoms with van der Waals surface area (Å²) in [5.74, 6) is 0.559. The zero-order chi connectivity index (χ0) is 9.97. The van der Waals surface area contributed by atoms with Gasteiger partial charge in [0.1, 0.15) is 6.54 Å². The molecule has 2 atom stereocenters. The van der Waals surface area contributed by atoms with E-state index in [-0.39, 0.29) is 24.6 Å². The molecule has 78 valence electrons. The van der Waals surface area contributed by atoms with E-state index in [4.69, 9.17) is 4.74 Å². The summed E-state index contributed by atoms with van der Waals surface area (Å²) in [6.07, 6.45) is 3.57. The van der Waals surface area contributed by atoms with Crippen molar-refractivity contribution in [3.63, 3.8) is 0 Å². The predicted molar refractivity (Wildman–Crippen MR) is 52.0 cm³/mol. The SMILES string of the molecule is CO[C@H]1CCC[C@@H]1NC1=NCC(=O)N1. The number of aliphatic imine (C=N–C) groups is 1. The fourth-order valence-corrected chi connectivity index (χ4v) is 1.99. The third-order valence-corrected chi connectivity index (χ3v) is 2.72. The molecule has 0 aromatic carbocycles. The monoisotopic (exact) mass is 197 g/mol. The van der Waals surface area contributed by atoms with Gasteiger partial charge in [-0.25, -0.2) is 4.99 Å². The fourth-order valence-electron chi connectivity index (χ4n) is 1.99. The molecule has 2 aliphatic rings. The van der Waals surface area contributed by atoms with Crippen LogP contribution in [0.25, 0.3) is 0 Å². The van der Waals surface area contributed by atoms with Gasteiger partial charge in [-0.2, -0.15) is 0 Å². The maximum absolute atomic E-state index is 10.9. The summed E-state index contributed by atoms with van der Waals surface area (Å²) in [6, 6.07) is 0.289. The highest BCUT2D eigenvalue weighted by Gasteiger charge is 2.28. The van der Waals surface area contributed by atoms with Crippen LogP contribution in [0.5, 0.6) is 0 Å². The third kappa shape index (κ3) is 1.87. The molecule has 1 aliphatic heterocycles. The molecule has 1 amide bonds. The standard InChI is InChI=1S/C9H15N3O2/c1-14-7-4-2-3-6(7)11-9-10-5-8(13)12-9/h6-7H,2-5H2,1H3,(H2,10,11,12,13)/t6-,7-/m0/s1. The van der Waals surface area contributed by atoms with Crippen LogP contribution in [0.4, 0.5) is 0 Å². The minimum atomic E-state index is -0.0422. The van der Waals surface area contributed by atoms with Crippen molar-refractivity contribution in [2.75, 3.05) is 13.7 Å². The van der Waals surface area contributed by atoms with Crippen LogP contribution >= 0.6 is 0 Å². The van der Waals surface area contributed by atoms with Crippen LogP contribution in [-0.2, 0) is 9.53 Å². The molecule has 0 aromatic heterocycles. The molecule has 2 rings (SSSR count). The van der Waals surface area contributed by atoms with E-state index >= 15 is 0 Å². The van der Waals surface area contributed by atoms with Crippen molar-refractivity contribution >= 4 is 11.9 Å². The van der Waals surface area contributed by atoms with Gasteiger partial charge < -0.3 is 10.1 Å². The molecule has 1 aliphatic carbocycles. The number of carbonyl (C=O) groups is 1. The summed E-state index contributed by atoms with van der Waals surface area (Å²) in [5.41, 5.74) is 0. The Morgan fingerprint density at radius 3 is 3.07 bits per heavy atom. The molecule has 0 unspecified atom stereocenters. The lowest BCUT2D eigenvalue weighted by atomic mass is 10.2. The number of ether oxygens (including phenoxy) is 1. The molecule has 1 heterocycles. The second kappa shape index (κ2) is 3.96. The second-order valence-electron chi connectivity index (χ2n) is 3.67. The van der Waals surface area contributed by atoms with Crippen molar-refractivity contribution in [3.8, 4) is 0 Å². The van der Waals surface area contributed by atoms with Gasteiger partial charge in [-0.1, -0.05) is 0 Å². The quantitative estimate of drug-likeness (QED) is 0.635. The van der Waals surface area contributed by atoms with Gasteiger partial charge in [-0.05, 0) is 19.3 Å². The number of nitrogens with zero attached hydrogens (tertiary/aromatic N) is 1. The molecule has 5 nitrogen and oxygen atoms in total. The van der Waals surface area contributed by atoms with E-state index < -0.39 is 0 Å². The first-order valence-electron chi connectivity index (χ1n) is 4.93. The molecule has 0 spiro atoms. The molecule has 2 N–H and O–H groups in total. The molecule has 14 heavy (non-hydrogen) atoms. The van der Waals surface area contributed by atoms with Crippen LogP contribution in [0.1, 0.15) is 19.3 Å². The van der Waals surface area contributed by atoms with Gasteiger partial charge in [0.15, 0.2) is 5.96 Å². The van der Waals surface area contributed by atoms with E-state index in [1.165, 1.54) is 0 Å². The average molecular weight is 197 g/mol. The highest BCUT2D eigenvalue weighted by molar-refractivity contribution is 6.02. The van der Waals surface area contributed by atoms with Gasteiger partial charge in [0.25, 0.3) is 0 Å². The summed E-state index contributed by atoms with van der Waals surface area (Å²) in [4.78, 5) is 14.9. The number of carbonyl (C=O) groups excluding carboxylic acids is 1. The summed E-state index contributed by atoms with van der Waals surface area (Å²) in [6.45, 7) is 0.243. The van der Waals surface area contributed by atoms with Crippen molar-refractivity contribution in [1.82, 2.24) is 10.6 Å². The Labute approximate surface area is 82.9 Å². The first kappa shape index (κ1) is 9.45. The average Bonchev–Trinajstić information content (AvgIpc) is 2.76. The number of methoxy groups -OCH3 is 1. The van der Waals surface area contributed by atoms with Crippen molar-refractivity contribution in [2.24, 2.45) is 4.99 Å². The number of amides is 1. The zero-order valence-corrected chi connectivity index (χ0v) is 8.25. The molecule has 0 aromatic rings. The molecule has 5 heteroatoms. The van der Waals surface area contributed by atoms with Crippen LogP contribution in [-0.4, -0.2) is 37.7 Å². The number of hydrogen-bond donors (Lipinski definition) is 2. The minimum absolute atomic E-state index is 0.0422. The Morgan fingerprint density at radius 1 is 1.57 bits per heavy atom. The lowest BCUT2D eigenvalue weighted by Crippen LogP contribution is -2.46. The lowest BCUT2D eigenvalue weighted by molar-refractivity contribution is -0.117. The molecular formula is C9H15N3O2. The minimum Gasteiger partial charge on any atom is -0.379 e. The van der Waals surface area contributed by atoms with Crippen LogP contribution in [0.3, 0.4) is 0 Å². The Hall–Kier alpha value is -1.10. The first-order chi connectivity index (χ1) is 6.79. The molecule has 1 saturated carbocycles. The number of nitrogens with one attached hydrogen (secondary N) is 2. The van der Waals surface area contributed by atoms with Crippen molar-refractivity contribution < 1.29 is 9.53 Å². The van der Waals surface area contributed by atoms with Crippen molar-refractivity contribution in [2.45, 2.75) is 31.4 Å². The second-order valence-corrected chi connectivity index (χ2v) is 3.67. The van der Waals surface area contributed by atoms with Crippen molar-refractivity contribution in [1.29, 1.82) is 0 Å². The highest BCUT2D eigenvalue weighted by atomic mass is 16.5. The van der Waals surface area contributed by atoms with Gasteiger partial charge in [0.2, 0.25) is 5.91 Å². The maximum atomic E-state index is 10.9. The molecule has 0 saturated heterocycles. The van der Waals surface area contributed by atoms with E-state index in [2.05, 4.69) is 15.6 Å². The zero-order valence-electron chi connectivity index (χ0n) is 8.25. The van der Waals surface area contributed by atoms with Crippen LogP contribution in [0, 0.1) is 0 Å². The van der Waals surface area contributed by atoms with E-state index in [0.29, 0.717) is 5.96 Å². The largest absolute Gasteiger partial charge is 0.379 e. The van der Waals surface area contributed by atoms with Gasteiger partial charge in [0, 0.05) is 7.11 Å². The topological polar surface area (TPSA) is 62.7 Å². The Bertz CT molecular complexity index is 265.